The first-order valence-electron chi connectivity index (χ1n) is 4.27. The van der Waals surface area contributed by atoms with E-state index in [4.69, 9.17) is 30.1 Å². The quantitative estimate of drug-likeness (QED) is 0.427. The summed E-state index contributed by atoms with van der Waals surface area (Å²) in [5.74, 6) is -0.0823. The predicted molar refractivity (Wildman–Crippen MR) is 64.4 cm³/mol. The summed E-state index contributed by atoms with van der Waals surface area (Å²) in [7, 11) is 0. The summed E-state index contributed by atoms with van der Waals surface area (Å²) in [6.45, 7) is 0. The Hall–Kier alpha value is -0.510. The van der Waals surface area contributed by atoms with Crippen molar-refractivity contribution in [2.45, 2.75) is 5.92 Å². The molecule has 0 fully saturated rings. The van der Waals surface area contributed by atoms with Crippen LogP contribution in [0.4, 0.5) is 0 Å². The molecule has 1 atom stereocenters. The molecule has 0 radical (unpaired) electrons. The van der Waals surface area contributed by atoms with Crippen molar-refractivity contribution in [3.63, 3.8) is 0 Å². The van der Waals surface area contributed by atoms with Gasteiger partial charge in [-0.1, -0.05) is 12.1 Å². The van der Waals surface area contributed by atoms with Crippen LogP contribution < -0.4 is 29.6 Å². The first-order chi connectivity index (χ1) is 7.22. The van der Waals surface area contributed by atoms with Gasteiger partial charge in [0, 0.05) is 0 Å². The Labute approximate surface area is 126 Å². The molecule has 2 aromatic rings. The maximum Gasteiger partial charge on any atom is 1.00 e. The second kappa shape index (κ2) is 5.71. The Kier molecular flexibility index (Phi) is 4.84. The molecule has 0 spiro atoms. The molecule has 0 bridgehead atoms. The van der Waals surface area contributed by atoms with Crippen LogP contribution in [0, 0.1) is 11.3 Å². The van der Waals surface area contributed by atoms with Crippen LogP contribution in [0.1, 0.15) is 11.7 Å². The molecule has 0 aliphatic carbocycles. The molecular formula is C10H6N3NaS2. The third kappa shape index (κ3) is 2.59. The Morgan fingerprint density at radius 1 is 1.50 bits per heavy atom. The number of nitrogens with one attached hydrogen (secondary N) is 1. The molecule has 1 heterocycles. The minimum atomic E-state index is -0.609. The number of rotatable bonds is 2. The van der Waals surface area contributed by atoms with Gasteiger partial charge >= 0.3 is 29.6 Å². The molecule has 6 heteroatoms. The second-order valence-electron chi connectivity index (χ2n) is 3.02. The van der Waals surface area contributed by atoms with Gasteiger partial charge in [-0.25, -0.2) is 4.98 Å². The normalized spacial score (nSPS) is 11.4. The van der Waals surface area contributed by atoms with E-state index in [0.29, 0.717) is 5.82 Å². The summed E-state index contributed by atoms with van der Waals surface area (Å²) in [6.07, 6.45) is 0. The number of hydrogen-bond acceptors (Lipinski definition) is 4. The minimum absolute atomic E-state index is 0. The maximum atomic E-state index is 8.91. The average molecular weight is 255 g/mol. The fourth-order valence-corrected chi connectivity index (χ4v) is 1.66. The van der Waals surface area contributed by atoms with E-state index in [2.05, 4.69) is 9.97 Å². The predicted octanol–water partition coefficient (Wildman–Crippen LogP) is -0.952. The van der Waals surface area contributed by atoms with Gasteiger partial charge in [0.2, 0.25) is 0 Å². The molecule has 74 valence electrons. The van der Waals surface area contributed by atoms with E-state index >= 15 is 0 Å². The average Bonchev–Trinajstić information content (AvgIpc) is 2.61. The van der Waals surface area contributed by atoms with E-state index in [1.54, 1.807) is 0 Å². The number of nitriles is 1. The van der Waals surface area contributed by atoms with Gasteiger partial charge < -0.3 is 29.8 Å². The van der Waals surface area contributed by atoms with E-state index in [1.807, 2.05) is 30.3 Å². The van der Waals surface area contributed by atoms with Crippen molar-refractivity contribution in [2.24, 2.45) is 0 Å². The van der Waals surface area contributed by atoms with Crippen molar-refractivity contribution in [3.8, 4) is 6.07 Å². The zero-order chi connectivity index (χ0) is 10.8. The standard InChI is InChI=1S/C10H7N3S2.Na/c11-5-6(10(14)15)9-12-7-3-1-2-4-8(7)13-9;/h1-4,6H,(H,12,13)(H,14,15);/q;+1/p-1. The van der Waals surface area contributed by atoms with E-state index < -0.39 is 5.92 Å². The van der Waals surface area contributed by atoms with E-state index in [-0.39, 0.29) is 33.8 Å². The van der Waals surface area contributed by atoms with Gasteiger partial charge in [0.05, 0.1) is 17.1 Å². The minimum Gasteiger partial charge on any atom is -0.431 e. The number of para-hydroxylation sites is 2. The smallest absolute Gasteiger partial charge is 0.431 e. The summed E-state index contributed by atoms with van der Waals surface area (Å²) in [5, 5.41) is 8.91. The number of aromatic amines is 1. The van der Waals surface area contributed by atoms with Crippen LogP contribution in [0.5, 0.6) is 0 Å². The summed E-state index contributed by atoms with van der Waals surface area (Å²) in [5.41, 5.74) is 1.71. The van der Waals surface area contributed by atoms with Crippen molar-refractivity contribution >= 4 is 40.1 Å². The Balaban J connectivity index is 0.00000128. The largest absolute Gasteiger partial charge is 1.00 e. The maximum absolute atomic E-state index is 8.91. The third-order valence-corrected chi connectivity index (χ3v) is 2.52. The van der Waals surface area contributed by atoms with Gasteiger partial charge in [-0.05, 0) is 12.1 Å². The second-order valence-corrected chi connectivity index (χ2v) is 4.16. The number of nitrogens with zero attached hydrogens (tertiary/aromatic N) is 2. The number of benzene rings is 1. The number of H-pyrrole nitrogens is 1. The molecule has 2 rings (SSSR count). The monoisotopic (exact) mass is 255 g/mol. The zero-order valence-corrected chi connectivity index (χ0v) is 12.2. The van der Waals surface area contributed by atoms with Crippen molar-refractivity contribution in [1.82, 2.24) is 9.97 Å². The molecule has 0 amide bonds. The SMILES string of the molecule is N#CC(C(=S)[S-])c1nc2ccccc2[nH]1.[Na+]. The van der Waals surface area contributed by atoms with Gasteiger partial charge in [-0.15, -0.1) is 4.20 Å². The van der Waals surface area contributed by atoms with Crippen LogP contribution in [-0.2, 0) is 12.6 Å². The van der Waals surface area contributed by atoms with Gasteiger partial charge in [0.25, 0.3) is 0 Å². The number of hydrogen-bond donors (Lipinski definition) is 1. The van der Waals surface area contributed by atoms with Crippen LogP contribution in [0.3, 0.4) is 0 Å². The fraction of sp³-hybridized carbons (Fsp3) is 0.100. The van der Waals surface area contributed by atoms with Crippen molar-refractivity contribution in [1.29, 1.82) is 5.26 Å². The summed E-state index contributed by atoms with van der Waals surface area (Å²) >= 11 is 9.67. The Morgan fingerprint density at radius 3 is 2.75 bits per heavy atom. The van der Waals surface area contributed by atoms with Crippen LogP contribution in [0.15, 0.2) is 24.3 Å². The Bertz CT molecular complexity index is 525. The molecule has 3 nitrogen and oxygen atoms in total. The number of imidazole rings is 1. The van der Waals surface area contributed by atoms with Crippen molar-refractivity contribution in [3.05, 3.63) is 30.1 Å². The van der Waals surface area contributed by atoms with Gasteiger partial charge in [-0.3, -0.25) is 0 Å². The number of thiocarbonyl (C=S) groups is 1. The summed E-state index contributed by atoms with van der Waals surface area (Å²) < 4.78 is 0.219. The third-order valence-electron chi connectivity index (χ3n) is 2.05. The summed E-state index contributed by atoms with van der Waals surface area (Å²) in [6, 6.07) is 9.60. The van der Waals surface area contributed by atoms with E-state index in [0.717, 1.165) is 11.0 Å². The molecule has 1 unspecified atom stereocenters. The van der Waals surface area contributed by atoms with Crippen LogP contribution in [0.25, 0.3) is 11.0 Å². The first-order valence-corrected chi connectivity index (χ1v) is 5.09. The molecule has 0 aliphatic rings. The van der Waals surface area contributed by atoms with Gasteiger partial charge in [0.15, 0.2) is 0 Å². The molecule has 0 saturated heterocycles. The Morgan fingerprint density at radius 2 is 2.19 bits per heavy atom. The molecule has 16 heavy (non-hydrogen) atoms. The topological polar surface area (TPSA) is 52.5 Å². The molecular weight excluding hydrogens is 249 g/mol. The molecule has 1 aromatic carbocycles. The summed E-state index contributed by atoms with van der Waals surface area (Å²) in [4.78, 5) is 7.31. The molecule has 0 aliphatic heterocycles. The van der Waals surface area contributed by atoms with Crippen LogP contribution in [-0.4, -0.2) is 14.2 Å². The fourth-order valence-electron chi connectivity index (χ4n) is 1.33. The van der Waals surface area contributed by atoms with Crippen molar-refractivity contribution < 1.29 is 29.6 Å². The van der Waals surface area contributed by atoms with E-state index in [1.165, 1.54) is 0 Å². The number of fused-ring (bicyclic) bond motifs is 1. The van der Waals surface area contributed by atoms with E-state index in [9.17, 15) is 0 Å². The first kappa shape index (κ1) is 13.6. The molecule has 1 aromatic heterocycles. The van der Waals surface area contributed by atoms with Crippen LogP contribution in [0.2, 0.25) is 0 Å². The van der Waals surface area contributed by atoms with Gasteiger partial charge in [0.1, 0.15) is 11.7 Å². The van der Waals surface area contributed by atoms with Gasteiger partial charge in [-0.2, -0.15) is 5.26 Å². The van der Waals surface area contributed by atoms with Crippen LogP contribution >= 0.6 is 12.2 Å². The molecule has 1 N–H and O–H groups in total. The zero-order valence-electron chi connectivity index (χ0n) is 8.60. The van der Waals surface area contributed by atoms with Crippen molar-refractivity contribution in [2.75, 3.05) is 0 Å². The molecule has 0 saturated carbocycles. The number of aromatic nitrogens is 2.